The molecule has 2 atom stereocenters. The highest BCUT2D eigenvalue weighted by molar-refractivity contribution is 5.09. The van der Waals surface area contributed by atoms with E-state index in [0.29, 0.717) is 0 Å². The molecule has 2 rings (SSSR count). The molecule has 2 saturated carbocycles. The van der Waals surface area contributed by atoms with Gasteiger partial charge in [-0.3, -0.25) is 0 Å². The van der Waals surface area contributed by atoms with Crippen molar-refractivity contribution in [2.75, 3.05) is 0 Å². The van der Waals surface area contributed by atoms with Gasteiger partial charge in [-0.1, -0.05) is 25.0 Å². The Morgan fingerprint density at radius 2 is 1.90 bits per heavy atom. The van der Waals surface area contributed by atoms with Gasteiger partial charge in [0.1, 0.15) is 0 Å². The standard InChI is InChI=1S/C10H16/c1-8-6-7-9-4-2-3-5-10(8)9/h9-10H,1-7H2. The van der Waals surface area contributed by atoms with Crippen molar-refractivity contribution in [1.29, 1.82) is 0 Å². The van der Waals surface area contributed by atoms with Crippen LogP contribution in [0.5, 0.6) is 0 Å². The van der Waals surface area contributed by atoms with E-state index in [-0.39, 0.29) is 0 Å². The molecule has 0 aliphatic heterocycles. The maximum Gasteiger partial charge on any atom is -0.0177 e. The first-order valence-corrected chi connectivity index (χ1v) is 4.55. The summed E-state index contributed by atoms with van der Waals surface area (Å²) in [6.45, 7) is 4.14. The van der Waals surface area contributed by atoms with Crippen molar-refractivity contribution in [1.82, 2.24) is 0 Å². The Bertz CT molecular complexity index is 146. The van der Waals surface area contributed by atoms with E-state index in [0.717, 1.165) is 11.8 Å². The van der Waals surface area contributed by atoms with Gasteiger partial charge in [0.2, 0.25) is 0 Å². The second-order valence-electron chi connectivity index (χ2n) is 3.85. The van der Waals surface area contributed by atoms with Crippen LogP contribution in [0.2, 0.25) is 0 Å². The van der Waals surface area contributed by atoms with E-state index in [1.165, 1.54) is 38.5 Å². The van der Waals surface area contributed by atoms with Gasteiger partial charge in [0, 0.05) is 0 Å². The van der Waals surface area contributed by atoms with Crippen LogP contribution in [0.4, 0.5) is 0 Å². The summed E-state index contributed by atoms with van der Waals surface area (Å²) >= 11 is 0. The summed E-state index contributed by atoms with van der Waals surface area (Å²) in [5, 5.41) is 0. The lowest BCUT2D eigenvalue weighted by Gasteiger charge is -2.25. The Morgan fingerprint density at radius 1 is 1.10 bits per heavy atom. The van der Waals surface area contributed by atoms with Crippen LogP contribution < -0.4 is 0 Å². The number of allylic oxidation sites excluding steroid dienone is 1. The van der Waals surface area contributed by atoms with Crippen molar-refractivity contribution in [3.63, 3.8) is 0 Å². The fourth-order valence-corrected chi connectivity index (χ4v) is 2.65. The van der Waals surface area contributed by atoms with E-state index < -0.39 is 0 Å². The Morgan fingerprint density at radius 3 is 2.70 bits per heavy atom. The number of hydrogen-bond acceptors (Lipinski definition) is 0. The summed E-state index contributed by atoms with van der Waals surface area (Å²) < 4.78 is 0. The largest absolute Gasteiger partial charge is 0.0996 e. The molecule has 0 nitrogen and oxygen atoms in total. The van der Waals surface area contributed by atoms with E-state index >= 15 is 0 Å². The van der Waals surface area contributed by atoms with E-state index in [4.69, 9.17) is 0 Å². The summed E-state index contributed by atoms with van der Waals surface area (Å²) in [5.41, 5.74) is 1.56. The topological polar surface area (TPSA) is 0 Å². The minimum Gasteiger partial charge on any atom is -0.0996 e. The van der Waals surface area contributed by atoms with Crippen molar-refractivity contribution in [2.24, 2.45) is 11.8 Å². The van der Waals surface area contributed by atoms with Crippen LogP contribution in [0.3, 0.4) is 0 Å². The molecule has 0 amide bonds. The number of hydrogen-bond donors (Lipinski definition) is 0. The van der Waals surface area contributed by atoms with E-state index in [2.05, 4.69) is 6.58 Å². The normalized spacial score (nSPS) is 39.8. The molecule has 0 aromatic heterocycles. The quantitative estimate of drug-likeness (QED) is 0.449. The fourth-order valence-electron chi connectivity index (χ4n) is 2.65. The molecule has 0 saturated heterocycles. The van der Waals surface area contributed by atoms with Crippen LogP contribution in [0, 0.1) is 11.8 Å². The van der Waals surface area contributed by atoms with Crippen LogP contribution in [-0.4, -0.2) is 0 Å². The lowest BCUT2D eigenvalue weighted by molar-refractivity contribution is 0.303. The summed E-state index contributed by atoms with van der Waals surface area (Å²) in [7, 11) is 0. The summed E-state index contributed by atoms with van der Waals surface area (Å²) in [6.07, 6.45) is 8.65. The lowest BCUT2D eigenvalue weighted by Crippen LogP contribution is -2.13. The van der Waals surface area contributed by atoms with Gasteiger partial charge in [-0.25, -0.2) is 0 Å². The van der Waals surface area contributed by atoms with Crippen LogP contribution in [-0.2, 0) is 0 Å². The van der Waals surface area contributed by atoms with Gasteiger partial charge >= 0.3 is 0 Å². The van der Waals surface area contributed by atoms with Crippen LogP contribution >= 0.6 is 0 Å². The van der Waals surface area contributed by atoms with Gasteiger partial charge in [0.05, 0.1) is 0 Å². The zero-order valence-corrected chi connectivity index (χ0v) is 6.60. The summed E-state index contributed by atoms with van der Waals surface area (Å²) in [5.74, 6) is 1.98. The Hall–Kier alpha value is -0.260. The minimum absolute atomic E-state index is 0.939. The highest BCUT2D eigenvalue weighted by Gasteiger charge is 2.31. The van der Waals surface area contributed by atoms with Crippen molar-refractivity contribution < 1.29 is 0 Å². The first-order chi connectivity index (χ1) is 4.88. The molecular weight excluding hydrogens is 120 g/mol. The van der Waals surface area contributed by atoms with Gasteiger partial charge in [0.25, 0.3) is 0 Å². The van der Waals surface area contributed by atoms with E-state index in [1.54, 1.807) is 5.57 Å². The van der Waals surface area contributed by atoms with Gasteiger partial charge < -0.3 is 0 Å². The number of rotatable bonds is 0. The first-order valence-electron chi connectivity index (χ1n) is 4.55. The highest BCUT2D eigenvalue weighted by Crippen LogP contribution is 2.44. The third-order valence-electron chi connectivity index (χ3n) is 3.27. The average Bonchev–Trinajstić information content (AvgIpc) is 2.34. The Labute approximate surface area is 63.3 Å². The molecule has 56 valence electrons. The Balaban J connectivity index is 2.08. The second-order valence-corrected chi connectivity index (χ2v) is 3.85. The molecule has 2 aliphatic rings. The molecule has 0 spiro atoms. The van der Waals surface area contributed by atoms with Crippen LogP contribution in [0.15, 0.2) is 12.2 Å². The third-order valence-corrected chi connectivity index (χ3v) is 3.27. The van der Waals surface area contributed by atoms with Crippen LogP contribution in [0.1, 0.15) is 38.5 Å². The Kier molecular flexibility index (Phi) is 1.55. The fraction of sp³-hybridized carbons (Fsp3) is 0.800. The maximum atomic E-state index is 4.14. The monoisotopic (exact) mass is 136 g/mol. The van der Waals surface area contributed by atoms with Crippen molar-refractivity contribution in [2.45, 2.75) is 38.5 Å². The molecule has 0 aromatic rings. The molecule has 2 unspecified atom stereocenters. The lowest BCUT2D eigenvalue weighted by atomic mass is 9.81. The van der Waals surface area contributed by atoms with E-state index in [1.807, 2.05) is 0 Å². The summed E-state index contributed by atoms with van der Waals surface area (Å²) in [6, 6.07) is 0. The molecule has 0 N–H and O–H groups in total. The van der Waals surface area contributed by atoms with Gasteiger partial charge in [-0.15, -0.1) is 0 Å². The molecule has 2 fully saturated rings. The molecule has 0 bridgehead atoms. The molecule has 2 aliphatic carbocycles. The van der Waals surface area contributed by atoms with Crippen molar-refractivity contribution >= 4 is 0 Å². The molecule has 0 radical (unpaired) electrons. The summed E-state index contributed by atoms with van der Waals surface area (Å²) in [4.78, 5) is 0. The van der Waals surface area contributed by atoms with Gasteiger partial charge in [-0.05, 0) is 37.5 Å². The molecule has 0 heterocycles. The molecule has 0 heteroatoms. The zero-order valence-electron chi connectivity index (χ0n) is 6.60. The predicted octanol–water partition coefficient (Wildman–Crippen LogP) is 3.14. The van der Waals surface area contributed by atoms with Gasteiger partial charge in [0.15, 0.2) is 0 Å². The molecule has 10 heavy (non-hydrogen) atoms. The van der Waals surface area contributed by atoms with Crippen molar-refractivity contribution in [3.8, 4) is 0 Å². The van der Waals surface area contributed by atoms with E-state index in [9.17, 15) is 0 Å². The molecular formula is C10H16. The zero-order chi connectivity index (χ0) is 6.97. The minimum atomic E-state index is 0.939. The van der Waals surface area contributed by atoms with Gasteiger partial charge in [-0.2, -0.15) is 0 Å². The SMILES string of the molecule is C=C1CCC2CCCCC12. The highest BCUT2D eigenvalue weighted by atomic mass is 14.4. The first kappa shape index (κ1) is 6.45. The average molecular weight is 136 g/mol. The smallest absolute Gasteiger partial charge is 0.0177 e. The van der Waals surface area contributed by atoms with Crippen LogP contribution in [0.25, 0.3) is 0 Å². The second kappa shape index (κ2) is 2.41. The maximum absolute atomic E-state index is 4.14. The van der Waals surface area contributed by atoms with Crippen molar-refractivity contribution in [3.05, 3.63) is 12.2 Å². The molecule has 0 aromatic carbocycles. The number of fused-ring (bicyclic) bond motifs is 1. The third kappa shape index (κ3) is 0.902. The predicted molar refractivity (Wildman–Crippen MR) is 43.8 cm³/mol.